The van der Waals surface area contributed by atoms with Crippen molar-refractivity contribution in [1.82, 2.24) is 14.6 Å². The van der Waals surface area contributed by atoms with Crippen LogP contribution in [0.2, 0.25) is 0 Å². The average Bonchev–Trinajstić information content (AvgIpc) is 2.65. The van der Waals surface area contributed by atoms with Crippen molar-refractivity contribution in [3.05, 3.63) is 23.1 Å². The van der Waals surface area contributed by atoms with E-state index in [9.17, 15) is 22.0 Å². The molecule has 2 aromatic rings. The van der Waals surface area contributed by atoms with Gasteiger partial charge in [0.25, 0.3) is 0 Å². The lowest BCUT2D eigenvalue weighted by Crippen LogP contribution is -2.41. The molecule has 19 heavy (non-hydrogen) atoms. The van der Waals surface area contributed by atoms with E-state index in [-0.39, 0.29) is 16.1 Å². The summed E-state index contributed by atoms with van der Waals surface area (Å²) in [6, 6.07) is 2.61. The van der Waals surface area contributed by atoms with Crippen LogP contribution in [0.4, 0.5) is 22.0 Å². The van der Waals surface area contributed by atoms with Gasteiger partial charge in [-0.25, -0.2) is 4.52 Å². The van der Waals surface area contributed by atoms with E-state index in [0.29, 0.717) is 0 Å². The highest BCUT2D eigenvalue weighted by Gasteiger charge is 2.58. The predicted molar refractivity (Wildman–Crippen MR) is 57.2 cm³/mol. The van der Waals surface area contributed by atoms with Gasteiger partial charge in [0.15, 0.2) is 18.0 Å². The van der Waals surface area contributed by atoms with Gasteiger partial charge in [0.05, 0.1) is 0 Å². The Morgan fingerprint density at radius 3 is 2.58 bits per heavy atom. The molecule has 2 heterocycles. The summed E-state index contributed by atoms with van der Waals surface area (Å²) in [6.07, 6.45) is -4.21. The lowest BCUT2D eigenvalue weighted by atomic mass is 10.3. The molecule has 0 fully saturated rings. The summed E-state index contributed by atoms with van der Waals surface area (Å²) in [5, 5.41) is 3.80. The van der Waals surface area contributed by atoms with E-state index in [1.54, 1.807) is 0 Å². The Morgan fingerprint density at radius 1 is 1.26 bits per heavy atom. The molecule has 0 aromatic carbocycles. The first-order chi connectivity index (χ1) is 8.71. The van der Waals surface area contributed by atoms with Crippen LogP contribution in [0.5, 0.6) is 5.75 Å². The minimum absolute atomic E-state index is 0.0346. The van der Waals surface area contributed by atoms with E-state index in [4.69, 9.17) is 0 Å². The van der Waals surface area contributed by atoms with Crippen LogP contribution in [0.15, 0.2) is 23.1 Å². The van der Waals surface area contributed by atoms with Gasteiger partial charge in [-0.05, 0) is 28.1 Å². The Balaban J connectivity index is 2.23. The summed E-state index contributed by atoms with van der Waals surface area (Å²) >= 11 is 2.95. The zero-order valence-corrected chi connectivity index (χ0v) is 10.5. The van der Waals surface area contributed by atoms with E-state index in [1.165, 1.54) is 22.8 Å². The van der Waals surface area contributed by atoms with Crippen LogP contribution in [-0.2, 0) is 0 Å². The summed E-state index contributed by atoms with van der Waals surface area (Å²) < 4.78 is 67.2. The highest BCUT2D eigenvalue weighted by molar-refractivity contribution is 9.10. The van der Waals surface area contributed by atoms with E-state index in [1.807, 2.05) is 0 Å². The quantitative estimate of drug-likeness (QED) is 0.802. The molecule has 0 spiro atoms. The van der Waals surface area contributed by atoms with E-state index in [2.05, 4.69) is 30.7 Å². The van der Waals surface area contributed by atoms with Crippen molar-refractivity contribution in [2.24, 2.45) is 0 Å². The van der Waals surface area contributed by atoms with Crippen molar-refractivity contribution in [1.29, 1.82) is 0 Å². The third-order valence-electron chi connectivity index (χ3n) is 2.12. The number of fused-ring (bicyclic) bond motifs is 1. The lowest BCUT2D eigenvalue weighted by molar-refractivity contribution is -0.289. The monoisotopic (exact) mass is 345 g/mol. The molecule has 2 rings (SSSR count). The molecule has 0 N–H and O–H groups in total. The van der Waals surface area contributed by atoms with Gasteiger partial charge >= 0.3 is 12.1 Å². The van der Waals surface area contributed by atoms with Crippen LogP contribution < -0.4 is 4.74 Å². The summed E-state index contributed by atoms with van der Waals surface area (Å²) in [7, 11) is 0. The van der Waals surface area contributed by atoms with Crippen LogP contribution in [-0.4, -0.2) is 33.3 Å². The second-order valence-corrected chi connectivity index (χ2v) is 4.22. The van der Waals surface area contributed by atoms with Gasteiger partial charge < -0.3 is 4.74 Å². The third kappa shape index (κ3) is 2.77. The maximum atomic E-state index is 12.7. The van der Waals surface area contributed by atoms with Crippen molar-refractivity contribution in [2.45, 2.75) is 12.1 Å². The Kier molecular flexibility index (Phi) is 3.37. The fourth-order valence-corrected chi connectivity index (χ4v) is 1.56. The molecule has 0 atom stereocenters. The number of alkyl halides is 5. The van der Waals surface area contributed by atoms with E-state index < -0.39 is 18.7 Å². The smallest absolute Gasteiger partial charge is 0.456 e. The SMILES string of the molecule is FC(F)(F)C(F)(F)COc1cccn2nc(Br)nc12. The fourth-order valence-electron chi connectivity index (χ4n) is 1.22. The van der Waals surface area contributed by atoms with Gasteiger partial charge in [0.2, 0.25) is 4.73 Å². The highest BCUT2D eigenvalue weighted by Crippen LogP contribution is 2.36. The molecule has 0 aliphatic heterocycles. The van der Waals surface area contributed by atoms with Crippen LogP contribution in [0.1, 0.15) is 0 Å². The topological polar surface area (TPSA) is 39.4 Å². The van der Waals surface area contributed by atoms with Crippen LogP contribution in [0, 0.1) is 0 Å². The normalized spacial score (nSPS) is 12.9. The maximum Gasteiger partial charge on any atom is 0.456 e. The van der Waals surface area contributed by atoms with E-state index >= 15 is 0 Å². The van der Waals surface area contributed by atoms with Crippen LogP contribution in [0.3, 0.4) is 0 Å². The molecule has 4 nitrogen and oxygen atoms in total. The molecular weight excluding hydrogens is 341 g/mol. The van der Waals surface area contributed by atoms with Gasteiger partial charge in [-0.15, -0.1) is 5.10 Å². The summed E-state index contributed by atoms with van der Waals surface area (Å²) in [6.45, 7) is -1.82. The number of ether oxygens (including phenoxy) is 1. The number of pyridine rings is 1. The number of halogens is 6. The molecule has 104 valence electrons. The average molecular weight is 346 g/mol. The van der Waals surface area contributed by atoms with Gasteiger partial charge in [-0.2, -0.15) is 26.9 Å². The first-order valence-corrected chi connectivity index (χ1v) is 5.58. The Labute approximate surface area is 111 Å². The molecule has 0 radical (unpaired) electrons. The first kappa shape index (κ1) is 14.0. The second-order valence-electron chi connectivity index (χ2n) is 3.51. The highest BCUT2D eigenvalue weighted by atomic mass is 79.9. The molecular formula is C9H5BrF5N3O. The van der Waals surface area contributed by atoms with Gasteiger partial charge in [0, 0.05) is 6.20 Å². The van der Waals surface area contributed by atoms with Gasteiger partial charge in [-0.3, -0.25) is 0 Å². The van der Waals surface area contributed by atoms with Crippen LogP contribution in [0.25, 0.3) is 5.65 Å². The lowest BCUT2D eigenvalue weighted by Gasteiger charge is -2.19. The standard InChI is InChI=1S/C9H5BrF5N3O/c10-7-16-6-5(2-1-3-18(6)17-7)19-4-8(11,12)9(13,14)15/h1-3H,4H2. The summed E-state index contributed by atoms with van der Waals surface area (Å²) in [5.74, 6) is -5.15. The van der Waals surface area contributed by atoms with Crippen molar-refractivity contribution in [2.75, 3.05) is 6.61 Å². The molecule has 0 saturated heterocycles. The third-order valence-corrected chi connectivity index (χ3v) is 2.46. The van der Waals surface area contributed by atoms with Crippen molar-refractivity contribution in [3.8, 4) is 5.75 Å². The summed E-state index contributed by atoms with van der Waals surface area (Å²) in [4.78, 5) is 3.79. The first-order valence-electron chi connectivity index (χ1n) is 4.79. The summed E-state index contributed by atoms with van der Waals surface area (Å²) in [5.41, 5.74) is 0.0346. The Hall–Kier alpha value is -1.45. The van der Waals surface area contributed by atoms with Crippen molar-refractivity contribution < 1.29 is 26.7 Å². The number of aromatic nitrogens is 3. The zero-order valence-electron chi connectivity index (χ0n) is 8.96. The maximum absolute atomic E-state index is 12.7. The molecule has 0 amide bonds. The second kappa shape index (κ2) is 4.58. The number of rotatable bonds is 3. The molecule has 0 unspecified atom stereocenters. The predicted octanol–water partition coefficient (Wildman–Crippen LogP) is 3.07. The molecule has 0 aliphatic carbocycles. The Morgan fingerprint density at radius 2 is 1.95 bits per heavy atom. The molecule has 0 aliphatic rings. The molecule has 0 bridgehead atoms. The van der Waals surface area contributed by atoms with Crippen LogP contribution >= 0.6 is 15.9 Å². The van der Waals surface area contributed by atoms with Gasteiger partial charge in [0.1, 0.15) is 0 Å². The van der Waals surface area contributed by atoms with E-state index in [0.717, 1.165) is 0 Å². The van der Waals surface area contributed by atoms with Gasteiger partial charge in [-0.1, -0.05) is 0 Å². The number of nitrogens with zero attached hydrogens (tertiary/aromatic N) is 3. The van der Waals surface area contributed by atoms with Crippen molar-refractivity contribution in [3.63, 3.8) is 0 Å². The minimum Gasteiger partial charge on any atom is -0.483 e. The molecule has 10 heteroatoms. The van der Waals surface area contributed by atoms with Crippen molar-refractivity contribution >= 4 is 21.6 Å². The minimum atomic E-state index is -5.66. The number of hydrogen-bond acceptors (Lipinski definition) is 3. The largest absolute Gasteiger partial charge is 0.483 e. The molecule has 2 aromatic heterocycles. The number of hydrogen-bond donors (Lipinski definition) is 0. The fraction of sp³-hybridized carbons (Fsp3) is 0.333. The molecule has 0 saturated carbocycles. The zero-order chi connectivity index (χ0) is 14.3. The Bertz CT molecular complexity index is 597.